The highest BCUT2D eigenvalue weighted by Gasteiger charge is 2.36. The first-order chi connectivity index (χ1) is 16.6. The van der Waals surface area contributed by atoms with Crippen molar-refractivity contribution in [1.82, 2.24) is 14.9 Å². The minimum atomic E-state index is -1.01. The molecule has 0 radical (unpaired) electrons. The number of nitrogens with one attached hydrogen (secondary N) is 1. The fourth-order valence-electron chi connectivity index (χ4n) is 4.02. The number of benzene rings is 1. The number of rotatable bonds is 7. The van der Waals surface area contributed by atoms with Gasteiger partial charge in [0.1, 0.15) is 5.76 Å². The molecule has 1 amide bonds. The van der Waals surface area contributed by atoms with Crippen LogP contribution in [0.3, 0.4) is 0 Å². The van der Waals surface area contributed by atoms with E-state index in [1.54, 1.807) is 42.4 Å². The number of anilines is 1. The number of amides is 1. The first-order valence-corrected chi connectivity index (χ1v) is 12.9. The smallest absolute Gasteiger partial charge is 0.407 e. The van der Waals surface area contributed by atoms with Crippen molar-refractivity contribution in [3.8, 4) is 0 Å². The number of carbonyl (C=O) groups is 1. The van der Waals surface area contributed by atoms with E-state index in [9.17, 15) is 20.0 Å². The number of aromatic nitrogens is 2. The standard InChI is InChI=1S/C23H27N5O5S2/c1-23(2,3)18-10-24-19(33-18)13-34-20-11-25-21(35-20)26-16-12-27(22(29)30)9-8-14(16)15-6-4-5-7-17(15)28(31)32/h4-7,10-11,14,16H,8-9,12-13H2,1-3H3,(H,25,26)(H,29,30). The van der Waals surface area contributed by atoms with E-state index in [0.717, 1.165) is 9.97 Å². The summed E-state index contributed by atoms with van der Waals surface area (Å²) in [7, 11) is 0. The third-order valence-electron chi connectivity index (χ3n) is 5.84. The van der Waals surface area contributed by atoms with Gasteiger partial charge in [0.25, 0.3) is 5.69 Å². The van der Waals surface area contributed by atoms with Gasteiger partial charge in [0.05, 0.1) is 33.3 Å². The fraction of sp³-hybridized carbons (Fsp3) is 0.435. The van der Waals surface area contributed by atoms with E-state index < -0.39 is 6.09 Å². The Morgan fingerprint density at radius 3 is 2.80 bits per heavy atom. The molecule has 10 nitrogen and oxygen atoms in total. The second kappa shape index (κ2) is 10.2. The molecule has 2 unspecified atom stereocenters. The van der Waals surface area contributed by atoms with Crippen LogP contribution in [0.15, 0.2) is 45.3 Å². The Kier molecular flexibility index (Phi) is 7.31. The van der Waals surface area contributed by atoms with E-state index in [1.165, 1.54) is 22.3 Å². The highest BCUT2D eigenvalue weighted by molar-refractivity contribution is 8.00. The lowest BCUT2D eigenvalue weighted by molar-refractivity contribution is -0.385. The van der Waals surface area contributed by atoms with Crippen molar-refractivity contribution in [3.63, 3.8) is 0 Å². The Labute approximate surface area is 210 Å². The van der Waals surface area contributed by atoms with Gasteiger partial charge < -0.3 is 19.7 Å². The number of hydrogen-bond donors (Lipinski definition) is 2. The molecule has 1 aliphatic heterocycles. The molecule has 1 saturated heterocycles. The van der Waals surface area contributed by atoms with E-state index in [4.69, 9.17) is 4.42 Å². The molecule has 1 aliphatic rings. The summed E-state index contributed by atoms with van der Waals surface area (Å²) in [5.41, 5.74) is 0.542. The molecule has 0 spiro atoms. The number of nitrogens with zero attached hydrogens (tertiary/aromatic N) is 4. The minimum absolute atomic E-state index is 0.0454. The van der Waals surface area contributed by atoms with E-state index in [1.807, 2.05) is 0 Å². The van der Waals surface area contributed by atoms with Gasteiger partial charge in [-0.1, -0.05) is 50.3 Å². The molecular weight excluding hydrogens is 490 g/mol. The van der Waals surface area contributed by atoms with Gasteiger partial charge in [-0.05, 0) is 6.42 Å². The number of nitro benzene ring substituents is 1. The Hall–Kier alpha value is -3.12. The quantitative estimate of drug-likeness (QED) is 0.234. The third kappa shape index (κ3) is 5.93. The lowest BCUT2D eigenvalue weighted by Crippen LogP contribution is -2.48. The van der Waals surface area contributed by atoms with Crippen LogP contribution in [-0.2, 0) is 11.2 Å². The number of likely N-dealkylation sites (tertiary alicyclic amines) is 1. The first kappa shape index (κ1) is 25.0. The second-order valence-electron chi connectivity index (χ2n) is 9.33. The van der Waals surface area contributed by atoms with E-state index >= 15 is 0 Å². The zero-order valence-electron chi connectivity index (χ0n) is 19.6. The van der Waals surface area contributed by atoms with Crippen molar-refractivity contribution in [1.29, 1.82) is 0 Å². The molecule has 12 heteroatoms. The summed E-state index contributed by atoms with van der Waals surface area (Å²) in [6, 6.07) is 6.29. The van der Waals surface area contributed by atoms with Gasteiger partial charge in [-0.2, -0.15) is 0 Å². The molecule has 4 rings (SSSR count). The number of para-hydroxylation sites is 1. The summed E-state index contributed by atoms with van der Waals surface area (Å²) in [6.07, 6.45) is 2.98. The predicted molar refractivity (Wildman–Crippen MR) is 134 cm³/mol. The normalized spacial score (nSPS) is 18.4. The summed E-state index contributed by atoms with van der Waals surface area (Å²) in [5, 5.41) is 25.1. The lowest BCUT2D eigenvalue weighted by atomic mass is 9.84. The van der Waals surface area contributed by atoms with E-state index in [-0.39, 0.29) is 34.5 Å². The van der Waals surface area contributed by atoms with E-state index in [0.29, 0.717) is 35.3 Å². The maximum absolute atomic E-state index is 11.6. The lowest BCUT2D eigenvalue weighted by Gasteiger charge is -2.37. The van der Waals surface area contributed by atoms with Gasteiger partial charge in [0, 0.05) is 36.1 Å². The summed E-state index contributed by atoms with van der Waals surface area (Å²) in [6.45, 7) is 6.73. The van der Waals surface area contributed by atoms with Crippen molar-refractivity contribution < 1.29 is 19.2 Å². The zero-order chi connectivity index (χ0) is 25.2. The summed E-state index contributed by atoms with van der Waals surface area (Å²) in [5.74, 6) is 1.81. The molecule has 35 heavy (non-hydrogen) atoms. The minimum Gasteiger partial charge on any atom is -0.465 e. The summed E-state index contributed by atoms with van der Waals surface area (Å²) in [4.78, 5) is 33.0. The highest BCUT2D eigenvalue weighted by Crippen LogP contribution is 2.37. The number of carboxylic acid groups (broad SMARTS) is 1. The Morgan fingerprint density at radius 1 is 1.34 bits per heavy atom. The van der Waals surface area contributed by atoms with Gasteiger partial charge >= 0.3 is 6.09 Å². The maximum Gasteiger partial charge on any atom is 0.407 e. The van der Waals surface area contributed by atoms with Gasteiger partial charge in [0.15, 0.2) is 5.13 Å². The number of thioether (sulfide) groups is 1. The second-order valence-corrected chi connectivity index (χ2v) is 11.6. The number of hydrogen-bond acceptors (Lipinski definition) is 9. The van der Waals surface area contributed by atoms with Crippen molar-refractivity contribution in [2.75, 3.05) is 18.4 Å². The largest absolute Gasteiger partial charge is 0.465 e. The van der Waals surface area contributed by atoms with Crippen LogP contribution in [0.2, 0.25) is 0 Å². The van der Waals surface area contributed by atoms with E-state index in [2.05, 4.69) is 36.1 Å². The van der Waals surface area contributed by atoms with Crippen LogP contribution in [0.1, 0.15) is 50.3 Å². The topological polar surface area (TPSA) is 135 Å². The SMILES string of the molecule is CC(C)(C)c1cnc(CSc2cnc(NC3CN(C(=O)O)CCC3c3ccccc3[N+](=O)[O-])s2)o1. The highest BCUT2D eigenvalue weighted by atomic mass is 32.2. The van der Waals surface area contributed by atoms with Crippen LogP contribution in [0, 0.1) is 10.1 Å². The van der Waals surface area contributed by atoms with Gasteiger partial charge in [-0.25, -0.2) is 14.8 Å². The van der Waals surface area contributed by atoms with Crippen LogP contribution >= 0.6 is 23.1 Å². The molecule has 1 aromatic carbocycles. The van der Waals surface area contributed by atoms with Crippen LogP contribution in [-0.4, -0.2) is 50.1 Å². The van der Waals surface area contributed by atoms with Crippen LogP contribution < -0.4 is 5.32 Å². The monoisotopic (exact) mass is 517 g/mol. The van der Waals surface area contributed by atoms with Gasteiger partial charge in [0.2, 0.25) is 5.89 Å². The number of oxazole rings is 1. The van der Waals surface area contributed by atoms with Crippen molar-refractivity contribution in [2.24, 2.45) is 0 Å². The molecule has 1 fully saturated rings. The third-order valence-corrected chi connectivity index (χ3v) is 7.95. The van der Waals surface area contributed by atoms with Crippen LogP contribution in [0.5, 0.6) is 0 Å². The molecule has 2 atom stereocenters. The molecule has 2 N–H and O–H groups in total. The number of thiazole rings is 1. The van der Waals surface area contributed by atoms with Crippen molar-refractivity contribution in [3.05, 3.63) is 64.0 Å². The van der Waals surface area contributed by atoms with Crippen LogP contribution in [0.4, 0.5) is 15.6 Å². The van der Waals surface area contributed by atoms with Gasteiger partial charge in [-0.3, -0.25) is 10.1 Å². The molecule has 2 aromatic heterocycles. The molecule has 3 heterocycles. The Bertz CT molecular complexity index is 1200. The average molecular weight is 518 g/mol. The predicted octanol–water partition coefficient (Wildman–Crippen LogP) is 5.58. The molecule has 0 saturated carbocycles. The first-order valence-electron chi connectivity index (χ1n) is 11.1. The molecule has 0 aliphatic carbocycles. The molecule has 0 bridgehead atoms. The summed E-state index contributed by atoms with van der Waals surface area (Å²) < 4.78 is 6.80. The molecular formula is C23H27N5O5S2. The fourth-order valence-corrected chi connectivity index (χ4v) is 5.81. The van der Waals surface area contributed by atoms with Crippen molar-refractivity contribution >= 4 is 40.0 Å². The Balaban J connectivity index is 1.48. The van der Waals surface area contributed by atoms with Crippen LogP contribution in [0.25, 0.3) is 0 Å². The Morgan fingerprint density at radius 2 is 2.11 bits per heavy atom. The maximum atomic E-state index is 11.6. The summed E-state index contributed by atoms with van der Waals surface area (Å²) >= 11 is 3.00. The number of nitro groups is 1. The number of piperidine rings is 1. The molecule has 3 aromatic rings. The van der Waals surface area contributed by atoms with Crippen molar-refractivity contribution in [2.45, 2.75) is 54.5 Å². The zero-order valence-corrected chi connectivity index (χ0v) is 21.3. The average Bonchev–Trinajstić information content (AvgIpc) is 3.47. The van der Waals surface area contributed by atoms with Gasteiger partial charge in [-0.15, -0.1) is 11.8 Å². The molecule has 186 valence electrons.